The van der Waals surface area contributed by atoms with E-state index in [0.717, 1.165) is 40.9 Å². The largest absolute Gasteiger partial charge is 0.496 e. The van der Waals surface area contributed by atoms with Gasteiger partial charge in [0.05, 0.1) is 29.7 Å². The number of fused-ring (bicyclic) bond motifs is 2. The molecule has 2 aromatic heterocycles. The number of rotatable bonds is 11. The van der Waals surface area contributed by atoms with Crippen molar-refractivity contribution in [1.29, 1.82) is 0 Å². The molecule has 2 aliphatic carbocycles. The van der Waals surface area contributed by atoms with Crippen molar-refractivity contribution in [3.63, 3.8) is 0 Å². The zero-order valence-corrected chi connectivity index (χ0v) is 32.9. The van der Waals surface area contributed by atoms with Gasteiger partial charge in [-0.05, 0) is 69.9 Å². The Morgan fingerprint density at radius 2 is 1.94 bits per heavy atom. The Morgan fingerprint density at radius 3 is 2.62 bits per heavy atom. The van der Waals surface area contributed by atoms with E-state index in [2.05, 4.69) is 29.2 Å². The average molecular weight is 767 g/mol. The number of hydrogen-bond acceptors (Lipinski definition) is 10. The fraction of sp³-hybridized carbons (Fsp3) is 0.553. The Balaban J connectivity index is 1.27. The van der Waals surface area contributed by atoms with Gasteiger partial charge in [0.1, 0.15) is 33.8 Å². The Kier molecular flexibility index (Phi) is 11.1. The van der Waals surface area contributed by atoms with E-state index in [1.807, 2.05) is 42.7 Å². The number of benzene rings is 1. The third-order valence-corrected chi connectivity index (χ3v) is 14.0. The van der Waals surface area contributed by atoms with E-state index in [1.165, 1.54) is 16.2 Å². The maximum atomic E-state index is 14.1. The van der Waals surface area contributed by atoms with Crippen molar-refractivity contribution < 1.29 is 32.3 Å². The summed E-state index contributed by atoms with van der Waals surface area (Å²) in [5, 5.41) is 9.23. The van der Waals surface area contributed by atoms with Crippen LogP contribution in [0.3, 0.4) is 0 Å². The fourth-order valence-electron chi connectivity index (χ4n) is 6.85. The molecular formula is C38H50N6O7S2. The number of carbonyl (C=O) groups excluding carboxylic acids is 3. The van der Waals surface area contributed by atoms with Crippen LogP contribution in [0.15, 0.2) is 35.7 Å². The number of urea groups is 1. The van der Waals surface area contributed by atoms with Crippen molar-refractivity contribution in [3.8, 4) is 22.2 Å². The molecule has 0 radical (unpaired) electrons. The maximum Gasteiger partial charge on any atom is 0.317 e. The summed E-state index contributed by atoms with van der Waals surface area (Å²) in [6.45, 7) is 8.42. The van der Waals surface area contributed by atoms with Crippen LogP contribution in [0.5, 0.6) is 11.5 Å². The highest BCUT2D eigenvalue weighted by molar-refractivity contribution is 7.91. The van der Waals surface area contributed by atoms with Gasteiger partial charge in [-0.2, -0.15) is 0 Å². The van der Waals surface area contributed by atoms with Gasteiger partial charge in [-0.25, -0.2) is 23.2 Å². The molecule has 6 rings (SSSR count). The second kappa shape index (κ2) is 15.2. The van der Waals surface area contributed by atoms with Crippen LogP contribution in [-0.2, 0) is 19.6 Å². The number of methoxy groups -OCH3 is 1. The summed E-state index contributed by atoms with van der Waals surface area (Å²) >= 11 is 1.50. The second-order valence-electron chi connectivity index (χ2n) is 14.8. The molecule has 1 aromatic carbocycles. The molecule has 3 heterocycles. The molecule has 3 atom stereocenters. The minimum absolute atomic E-state index is 0.0246. The summed E-state index contributed by atoms with van der Waals surface area (Å²) in [7, 11) is -0.673. The van der Waals surface area contributed by atoms with E-state index < -0.39 is 44.2 Å². The summed E-state index contributed by atoms with van der Waals surface area (Å²) in [5.41, 5.74) is 1.67. The molecule has 1 aliphatic heterocycles. The summed E-state index contributed by atoms with van der Waals surface area (Å²) in [6, 6.07) is 4.03. The zero-order valence-electron chi connectivity index (χ0n) is 31.3. The molecule has 53 heavy (non-hydrogen) atoms. The number of hydrogen-bond donors (Lipinski definition) is 3. The first-order chi connectivity index (χ1) is 25.2. The summed E-state index contributed by atoms with van der Waals surface area (Å²) in [5.74, 6) is -0.284. The molecule has 3 unspecified atom stereocenters. The van der Waals surface area contributed by atoms with Gasteiger partial charge in [-0.15, -0.1) is 11.3 Å². The van der Waals surface area contributed by atoms with Crippen molar-refractivity contribution in [1.82, 2.24) is 30.2 Å². The number of thiazole rings is 1. The number of ether oxygens (including phenoxy) is 2. The monoisotopic (exact) mass is 766 g/mol. The van der Waals surface area contributed by atoms with E-state index in [0.29, 0.717) is 48.5 Å². The average Bonchev–Trinajstić information content (AvgIpc) is 4.02. The predicted octanol–water partition coefficient (Wildman–Crippen LogP) is 5.58. The molecule has 2 fully saturated rings. The van der Waals surface area contributed by atoms with Gasteiger partial charge in [-0.1, -0.05) is 32.9 Å². The van der Waals surface area contributed by atoms with Gasteiger partial charge in [0.15, 0.2) is 0 Å². The summed E-state index contributed by atoms with van der Waals surface area (Å²) < 4.78 is 39.9. The van der Waals surface area contributed by atoms with Crippen LogP contribution in [0.4, 0.5) is 4.79 Å². The normalized spacial score (nSPS) is 23.7. The van der Waals surface area contributed by atoms with Crippen LogP contribution in [0.1, 0.15) is 89.3 Å². The zero-order chi connectivity index (χ0) is 38.1. The Bertz CT molecular complexity index is 2030. The van der Waals surface area contributed by atoms with E-state index in [9.17, 15) is 22.8 Å². The molecule has 15 heteroatoms. The van der Waals surface area contributed by atoms with Gasteiger partial charge in [-0.3, -0.25) is 14.3 Å². The molecular weight excluding hydrogens is 717 g/mol. The van der Waals surface area contributed by atoms with Crippen LogP contribution in [-0.4, -0.2) is 84.8 Å². The molecule has 3 aliphatic rings. The molecule has 0 spiro atoms. The van der Waals surface area contributed by atoms with Crippen LogP contribution < -0.4 is 24.8 Å². The number of allylic oxidation sites excluding steroid dienone is 1. The van der Waals surface area contributed by atoms with Crippen molar-refractivity contribution >= 4 is 50.1 Å². The third-order valence-electron chi connectivity index (χ3n) is 10.8. The van der Waals surface area contributed by atoms with Crippen LogP contribution in [0.2, 0.25) is 0 Å². The Morgan fingerprint density at radius 1 is 1.17 bits per heavy atom. The molecule has 3 N–H and O–H groups in total. The van der Waals surface area contributed by atoms with E-state index in [1.54, 1.807) is 21.1 Å². The lowest BCUT2D eigenvalue weighted by atomic mass is 10.1. The van der Waals surface area contributed by atoms with E-state index in [4.69, 9.17) is 19.4 Å². The summed E-state index contributed by atoms with van der Waals surface area (Å²) in [6.07, 6.45) is 7.83. The molecule has 2 saturated carbocycles. The summed E-state index contributed by atoms with van der Waals surface area (Å²) in [4.78, 5) is 52.5. The first kappa shape index (κ1) is 38.5. The molecule has 4 amide bonds. The highest BCUT2D eigenvalue weighted by atomic mass is 32.2. The van der Waals surface area contributed by atoms with Gasteiger partial charge in [0, 0.05) is 48.3 Å². The lowest BCUT2D eigenvalue weighted by molar-refractivity contribution is -0.130. The van der Waals surface area contributed by atoms with E-state index >= 15 is 0 Å². The first-order valence-electron chi connectivity index (χ1n) is 18.4. The van der Waals surface area contributed by atoms with Crippen LogP contribution in [0.25, 0.3) is 21.6 Å². The van der Waals surface area contributed by atoms with Gasteiger partial charge in [0.25, 0.3) is 5.91 Å². The topological polar surface area (TPSA) is 169 Å². The molecule has 286 valence electrons. The quantitative estimate of drug-likeness (QED) is 0.211. The Labute approximate surface area is 315 Å². The second-order valence-corrected chi connectivity index (χ2v) is 17.7. The van der Waals surface area contributed by atoms with Crippen molar-refractivity contribution in [2.45, 2.75) is 101 Å². The highest BCUT2D eigenvalue weighted by Crippen LogP contribution is 2.48. The number of pyridine rings is 1. The van der Waals surface area contributed by atoms with Crippen molar-refractivity contribution in [2.75, 3.05) is 27.3 Å². The van der Waals surface area contributed by atoms with Gasteiger partial charge < -0.3 is 25.0 Å². The lowest BCUT2D eigenvalue weighted by Gasteiger charge is -2.26. The standard InChI is InChI=1S/C38H50N6O7S2/c1-7-37(16-17-37)53(48,49)43-35(46)38-21-25(38)12-10-8-9-11-18-44(5)36(47)41-27(33(45)42-38)15-19-51-31-20-28(34-40-29(22-52-34)23(2)3)39-32-24(4)30(50-6)14-13-26(31)32/h10,12-14,20,22-23,25,27H,7-9,11,15-19,21H2,1-6H3,(H,41,47)(H,42,45)(H,43,46)/b12-10-. The van der Waals surface area contributed by atoms with Crippen molar-refractivity contribution in [2.24, 2.45) is 5.92 Å². The number of amides is 4. The molecule has 0 bridgehead atoms. The highest BCUT2D eigenvalue weighted by Gasteiger charge is 2.63. The number of aryl methyl sites for hydroxylation is 1. The Hall–Kier alpha value is -4.24. The lowest BCUT2D eigenvalue weighted by Crippen LogP contribution is -2.58. The maximum absolute atomic E-state index is 14.1. The number of sulfonamides is 1. The molecule has 13 nitrogen and oxygen atoms in total. The van der Waals surface area contributed by atoms with E-state index in [-0.39, 0.29) is 31.3 Å². The van der Waals surface area contributed by atoms with Crippen LogP contribution in [0, 0.1) is 12.8 Å². The predicted molar refractivity (Wildman–Crippen MR) is 205 cm³/mol. The minimum Gasteiger partial charge on any atom is -0.496 e. The first-order valence-corrected chi connectivity index (χ1v) is 20.7. The number of aromatic nitrogens is 2. The third kappa shape index (κ3) is 7.87. The number of nitrogens with one attached hydrogen (secondary N) is 3. The fourth-order valence-corrected chi connectivity index (χ4v) is 9.45. The smallest absolute Gasteiger partial charge is 0.317 e. The number of nitrogens with zero attached hydrogens (tertiary/aromatic N) is 3. The number of carbonyl (C=O) groups is 3. The van der Waals surface area contributed by atoms with Gasteiger partial charge in [0.2, 0.25) is 15.9 Å². The minimum atomic E-state index is -3.95. The molecule has 0 saturated heterocycles. The van der Waals surface area contributed by atoms with Crippen LogP contribution >= 0.6 is 11.3 Å². The SMILES string of the molecule is CCC1(S(=O)(=O)NC(=O)C23CC2/C=C\CCCCN(C)C(=O)NC(CCOc2cc(-c4nc(C(C)C)cs4)nc4c(C)c(OC)ccc24)C(=O)N3)CC1. The molecule has 3 aromatic rings. The van der Waals surface area contributed by atoms with Crippen molar-refractivity contribution in [3.05, 3.63) is 47.0 Å². The van der Waals surface area contributed by atoms with Gasteiger partial charge >= 0.3 is 6.03 Å².